The minimum Gasteiger partial charge on any atom is -0.480 e. The SMILES string of the molecule is C#CCN(CC(=O)O)C(=O)N(C)CC1CCCCC1. The lowest BCUT2D eigenvalue weighted by atomic mass is 9.89. The van der Waals surface area contributed by atoms with Gasteiger partial charge in [0.25, 0.3) is 0 Å². The van der Waals surface area contributed by atoms with Crippen LogP contribution >= 0.6 is 0 Å². The summed E-state index contributed by atoms with van der Waals surface area (Å²) in [6, 6.07) is -0.300. The van der Waals surface area contributed by atoms with E-state index in [1.54, 1.807) is 11.9 Å². The summed E-state index contributed by atoms with van der Waals surface area (Å²) < 4.78 is 0. The molecule has 0 aromatic rings. The number of aliphatic carboxylic acids is 1. The third kappa shape index (κ3) is 5.21. The molecule has 1 saturated carbocycles. The van der Waals surface area contributed by atoms with E-state index in [0.29, 0.717) is 12.5 Å². The highest BCUT2D eigenvalue weighted by atomic mass is 16.4. The van der Waals surface area contributed by atoms with Crippen LogP contribution in [0.15, 0.2) is 0 Å². The molecule has 106 valence electrons. The first kappa shape index (κ1) is 15.4. The van der Waals surface area contributed by atoms with Crippen molar-refractivity contribution < 1.29 is 14.7 Å². The molecule has 19 heavy (non-hydrogen) atoms. The van der Waals surface area contributed by atoms with Gasteiger partial charge in [-0.15, -0.1) is 6.42 Å². The highest BCUT2D eigenvalue weighted by Gasteiger charge is 2.23. The van der Waals surface area contributed by atoms with Crippen LogP contribution in [-0.4, -0.2) is 53.6 Å². The fourth-order valence-corrected chi connectivity index (χ4v) is 2.54. The Kier molecular flexibility index (Phi) is 6.20. The van der Waals surface area contributed by atoms with Gasteiger partial charge in [-0.3, -0.25) is 4.79 Å². The van der Waals surface area contributed by atoms with Crippen molar-refractivity contribution in [3.8, 4) is 12.3 Å². The standard InChI is InChI=1S/C14H22N2O3/c1-3-9-16(11-13(17)18)14(19)15(2)10-12-7-5-4-6-8-12/h1,12H,4-11H2,2H3,(H,17,18). The molecule has 1 N–H and O–H groups in total. The molecule has 0 atom stereocenters. The van der Waals surface area contributed by atoms with E-state index < -0.39 is 5.97 Å². The molecule has 1 aliphatic carbocycles. The Morgan fingerprint density at radius 2 is 1.95 bits per heavy atom. The van der Waals surface area contributed by atoms with Gasteiger partial charge in [0.15, 0.2) is 0 Å². The molecule has 0 unspecified atom stereocenters. The van der Waals surface area contributed by atoms with Crippen LogP contribution in [0.3, 0.4) is 0 Å². The number of carboxylic acids is 1. The van der Waals surface area contributed by atoms with E-state index in [4.69, 9.17) is 11.5 Å². The molecule has 1 aliphatic rings. The highest BCUT2D eigenvalue weighted by molar-refractivity contribution is 5.80. The molecular weight excluding hydrogens is 244 g/mol. The van der Waals surface area contributed by atoms with Crippen LogP contribution in [0.25, 0.3) is 0 Å². The molecule has 0 bridgehead atoms. The first-order chi connectivity index (χ1) is 9.04. The molecule has 1 rings (SSSR count). The molecule has 0 saturated heterocycles. The van der Waals surface area contributed by atoms with Gasteiger partial charge in [0, 0.05) is 13.6 Å². The second kappa shape index (κ2) is 7.67. The maximum atomic E-state index is 12.1. The van der Waals surface area contributed by atoms with Gasteiger partial charge in [-0.05, 0) is 18.8 Å². The van der Waals surface area contributed by atoms with Gasteiger partial charge in [0.2, 0.25) is 0 Å². The number of carbonyl (C=O) groups excluding carboxylic acids is 1. The molecule has 0 heterocycles. The maximum Gasteiger partial charge on any atom is 0.323 e. The first-order valence-electron chi connectivity index (χ1n) is 6.70. The topological polar surface area (TPSA) is 60.9 Å². The second-order valence-electron chi connectivity index (χ2n) is 5.12. The van der Waals surface area contributed by atoms with Crippen molar-refractivity contribution in [2.45, 2.75) is 32.1 Å². The largest absolute Gasteiger partial charge is 0.480 e. The fourth-order valence-electron chi connectivity index (χ4n) is 2.54. The summed E-state index contributed by atoms with van der Waals surface area (Å²) in [5, 5.41) is 8.78. The second-order valence-corrected chi connectivity index (χ2v) is 5.12. The minimum atomic E-state index is -1.05. The molecule has 0 spiro atoms. The van der Waals surface area contributed by atoms with Crippen LogP contribution in [0.1, 0.15) is 32.1 Å². The third-order valence-electron chi connectivity index (χ3n) is 3.46. The number of rotatable bonds is 5. The normalized spacial score (nSPS) is 15.6. The van der Waals surface area contributed by atoms with Gasteiger partial charge in [0.05, 0.1) is 6.54 Å². The number of hydrogen-bond donors (Lipinski definition) is 1. The number of nitrogens with zero attached hydrogens (tertiary/aromatic N) is 2. The average Bonchev–Trinajstić information content (AvgIpc) is 2.38. The predicted octanol–water partition coefficient (Wildman–Crippen LogP) is 1.64. The van der Waals surface area contributed by atoms with Crippen LogP contribution in [0.4, 0.5) is 4.79 Å². The van der Waals surface area contributed by atoms with Gasteiger partial charge in [0.1, 0.15) is 6.54 Å². The molecule has 1 fully saturated rings. The number of carboxylic acid groups (broad SMARTS) is 1. The molecule has 5 heteroatoms. The Bertz CT molecular complexity index is 356. The Hall–Kier alpha value is -1.70. The average molecular weight is 266 g/mol. The number of carbonyl (C=O) groups is 2. The molecule has 0 aliphatic heterocycles. The van der Waals surface area contributed by atoms with Gasteiger partial charge in [-0.2, -0.15) is 0 Å². The van der Waals surface area contributed by atoms with Gasteiger partial charge >= 0.3 is 12.0 Å². The fraction of sp³-hybridized carbons (Fsp3) is 0.714. The maximum absolute atomic E-state index is 12.1. The Morgan fingerprint density at radius 1 is 1.32 bits per heavy atom. The van der Waals surface area contributed by atoms with Crippen molar-refractivity contribution in [2.75, 3.05) is 26.7 Å². The summed E-state index contributed by atoms with van der Waals surface area (Å²) in [6.07, 6.45) is 11.2. The van der Waals surface area contributed by atoms with E-state index >= 15 is 0 Å². The third-order valence-corrected chi connectivity index (χ3v) is 3.46. The van der Waals surface area contributed by atoms with Crippen LogP contribution in [0.5, 0.6) is 0 Å². The van der Waals surface area contributed by atoms with Gasteiger partial charge in [-0.25, -0.2) is 4.79 Å². The Labute approximate surface area is 114 Å². The summed E-state index contributed by atoms with van der Waals surface area (Å²) in [4.78, 5) is 25.6. The zero-order valence-electron chi connectivity index (χ0n) is 11.5. The van der Waals surface area contributed by atoms with Crippen molar-refractivity contribution in [3.63, 3.8) is 0 Å². The lowest BCUT2D eigenvalue weighted by molar-refractivity contribution is -0.137. The van der Waals surface area contributed by atoms with Crippen LogP contribution in [0.2, 0.25) is 0 Å². The molecule has 0 radical (unpaired) electrons. The lowest BCUT2D eigenvalue weighted by Gasteiger charge is -2.30. The van der Waals surface area contributed by atoms with Crippen molar-refractivity contribution in [3.05, 3.63) is 0 Å². The zero-order valence-corrected chi connectivity index (χ0v) is 11.5. The van der Waals surface area contributed by atoms with E-state index in [1.807, 2.05) is 0 Å². The molecule has 2 amide bonds. The van der Waals surface area contributed by atoms with E-state index in [2.05, 4.69) is 5.92 Å². The van der Waals surface area contributed by atoms with Crippen molar-refractivity contribution in [2.24, 2.45) is 5.92 Å². The highest BCUT2D eigenvalue weighted by Crippen LogP contribution is 2.24. The molecule has 5 nitrogen and oxygen atoms in total. The minimum absolute atomic E-state index is 0.0279. The Morgan fingerprint density at radius 3 is 2.47 bits per heavy atom. The van der Waals surface area contributed by atoms with E-state index in [0.717, 1.165) is 12.8 Å². The quantitative estimate of drug-likeness (QED) is 0.769. The number of terminal acetylenes is 1. The number of urea groups is 1. The van der Waals surface area contributed by atoms with Crippen molar-refractivity contribution >= 4 is 12.0 Å². The number of hydrogen-bond acceptors (Lipinski definition) is 2. The summed E-state index contributed by atoms with van der Waals surface area (Å²) >= 11 is 0. The van der Waals surface area contributed by atoms with Crippen molar-refractivity contribution in [1.82, 2.24) is 9.80 Å². The van der Waals surface area contributed by atoms with Crippen molar-refractivity contribution in [1.29, 1.82) is 0 Å². The van der Waals surface area contributed by atoms with E-state index in [9.17, 15) is 9.59 Å². The van der Waals surface area contributed by atoms with Crippen LogP contribution < -0.4 is 0 Å². The van der Waals surface area contributed by atoms with Gasteiger partial charge in [-0.1, -0.05) is 25.2 Å². The first-order valence-corrected chi connectivity index (χ1v) is 6.70. The summed E-state index contributed by atoms with van der Waals surface area (Å²) in [6.45, 7) is 0.359. The lowest BCUT2D eigenvalue weighted by Crippen LogP contribution is -2.45. The summed E-state index contributed by atoms with van der Waals surface area (Å²) in [5.74, 6) is 1.81. The molecule has 0 aromatic heterocycles. The van der Waals surface area contributed by atoms with E-state index in [-0.39, 0.29) is 19.1 Å². The summed E-state index contributed by atoms with van der Waals surface area (Å²) in [7, 11) is 1.71. The monoisotopic (exact) mass is 266 g/mol. The summed E-state index contributed by atoms with van der Waals surface area (Å²) in [5.41, 5.74) is 0. The Balaban J connectivity index is 2.51. The smallest absolute Gasteiger partial charge is 0.323 e. The van der Waals surface area contributed by atoms with Crippen LogP contribution in [-0.2, 0) is 4.79 Å². The predicted molar refractivity (Wildman–Crippen MR) is 72.6 cm³/mol. The zero-order chi connectivity index (χ0) is 14.3. The van der Waals surface area contributed by atoms with E-state index in [1.165, 1.54) is 24.2 Å². The van der Waals surface area contributed by atoms with Gasteiger partial charge < -0.3 is 14.9 Å². The molecule has 0 aromatic carbocycles. The van der Waals surface area contributed by atoms with Crippen LogP contribution in [0, 0.1) is 18.3 Å². The molecular formula is C14H22N2O3. The number of amides is 2.